The number of imidazole rings is 2. The number of fused-ring (bicyclic) bond motifs is 4. The molecule has 0 atom stereocenters. The second-order valence-corrected chi connectivity index (χ2v) is 7.86. The maximum Gasteiger partial charge on any atom is 0.288 e. The first-order valence-corrected chi connectivity index (χ1v) is 10.4. The standard InChI is InChI=1S/C22H23N7O2/c1-13-12-15(18-20(23-13)29-11-6-3-4-8-17(29)25-18)21(30)26-27-22(31)19-14(2)24-16-9-5-7-10-28(16)19/h5,7,9-10,12H,3-4,6,8,11H2,1-2H3,(H,26,30)(H,27,31). The van der Waals surface area contributed by atoms with Gasteiger partial charge in [-0.25, -0.2) is 15.0 Å². The molecule has 2 N–H and O–H groups in total. The quantitative estimate of drug-likeness (QED) is 0.488. The van der Waals surface area contributed by atoms with Crippen molar-refractivity contribution in [3.8, 4) is 0 Å². The number of carbonyl (C=O) groups is 2. The number of hydrogen-bond donors (Lipinski definition) is 2. The molecule has 2 amide bonds. The van der Waals surface area contributed by atoms with E-state index in [-0.39, 0.29) is 0 Å². The number of amides is 2. The molecule has 9 heteroatoms. The second kappa shape index (κ2) is 7.50. The zero-order valence-corrected chi connectivity index (χ0v) is 17.5. The number of hydrazine groups is 1. The summed E-state index contributed by atoms with van der Waals surface area (Å²) >= 11 is 0. The molecule has 4 aromatic rings. The molecule has 5 heterocycles. The third-order valence-electron chi connectivity index (χ3n) is 5.65. The van der Waals surface area contributed by atoms with Gasteiger partial charge in [0.2, 0.25) is 0 Å². The number of aromatic nitrogens is 5. The summed E-state index contributed by atoms with van der Waals surface area (Å²) in [6.45, 7) is 4.47. The SMILES string of the molecule is Cc1cc(C(=O)NNC(=O)c2c(C)nc3ccccn23)c2nc3n(c2n1)CCCCC3. The smallest absolute Gasteiger partial charge is 0.288 e. The molecule has 9 nitrogen and oxygen atoms in total. The number of rotatable bonds is 2. The lowest BCUT2D eigenvalue weighted by Gasteiger charge is -2.09. The Labute approximate surface area is 178 Å². The van der Waals surface area contributed by atoms with E-state index in [0.717, 1.165) is 43.0 Å². The molecule has 0 spiro atoms. The van der Waals surface area contributed by atoms with Gasteiger partial charge in [0, 0.05) is 24.9 Å². The van der Waals surface area contributed by atoms with Crippen molar-refractivity contribution in [3.63, 3.8) is 0 Å². The molecule has 0 aliphatic carbocycles. The second-order valence-electron chi connectivity index (χ2n) is 7.86. The zero-order valence-electron chi connectivity index (χ0n) is 17.5. The monoisotopic (exact) mass is 417 g/mol. The lowest BCUT2D eigenvalue weighted by Crippen LogP contribution is -2.42. The summed E-state index contributed by atoms with van der Waals surface area (Å²) in [4.78, 5) is 39.5. The molecular weight excluding hydrogens is 394 g/mol. The van der Waals surface area contributed by atoms with Crippen LogP contribution in [0.25, 0.3) is 16.8 Å². The van der Waals surface area contributed by atoms with E-state index in [1.54, 1.807) is 23.6 Å². The molecule has 0 radical (unpaired) electrons. The van der Waals surface area contributed by atoms with Gasteiger partial charge in [-0.3, -0.25) is 24.8 Å². The van der Waals surface area contributed by atoms with Crippen LogP contribution in [-0.2, 0) is 13.0 Å². The maximum absolute atomic E-state index is 13.0. The van der Waals surface area contributed by atoms with Gasteiger partial charge in [-0.15, -0.1) is 0 Å². The molecule has 0 fully saturated rings. The minimum absolute atomic E-state index is 0.376. The van der Waals surface area contributed by atoms with Crippen LogP contribution in [0.1, 0.15) is 57.3 Å². The van der Waals surface area contributed by atoms with Gasteiger partial charge in [-0.05, 0) is 44.9 Å². The number of nitrogens with zero attached hydrogens (tertiary/aromatic N) is 5. The predicted octanol–water partition coefficient (Wildman–Crippen LogP) is 2.50. The summed E-state index contributed by atoms with van der Waals surface area (Å²) in [5, 5.41) is 0. The van der Waals surface area contributed by atoms with Crippen molar-refractivity contribution in [1.29, 1.82) is 0 Å². The van der Waals surface area contributed by atoms with Crippen LogP contribution in [0, 0.1) is 13.8 Å². The van der Waals surface area contributed by atoms with Gasteiger partial charge in [0.05, 0.1) is 11.3 Å². The maximum atomic E-state index is 13.0. The number of pyridine rings is 2. The number of hydrogen-bond acceptors (Lipinski definition) is 5. The van der Waals surface area contributed by atoms with Gasteiger partial charge in [-0.1, -0.05) is 12.5 Å². The van der Waals surface area contributed by atoms with E-state index in [9.17, 15) is 9.59 Å². The Balaban J connectivity index is 1.43. The highest BCUT2D eigenvalue weighted by Crippen LogP contribution is 2.24. The van der Waals surface area contributed by atoms with E-state index in [1.807, 2.05) is 25.1 Å². The van der Waals surface area contributed by atoms with Crippen LogP contribution in [0.2, 0.25) is 0 Å². The molecule has 4 aromatic heterocycles. The largest absolute Gasteiger partial charge is 0.313 e. The number of nitrogens with one attached hydrogen (secondary N) is 2. The summed E-state index contributed by atoms with van der Waals surface area (Å²) in [5.74, 6) is 0.0980. The highest BCUT2D eigenvalue weighted by atomic mass is 16.2. The van der Waals surface area contributed by atoms with Crippen molar-refractivity contribution < 1.29 is 9.59 Å². The molecular formula is C22H23N7O2. The summed E-state index contributed by atoms with van der Waals surface area (Å²) < 4.78 is 3.81. The Morgan fingerprint density at radius 1 is 1.00 bits per heavy atom. The Kier molecular flexibility index (Phi) is 4.65. The van der Waals surface area contributed by atoms with Crippen molar-refractivity contribution in [3.05, 3.63) is 58.9 Å². The van der Waals surface area contributed by atoms with Crippen molar-refractivity contribution in [1.82, 2.24) is 34.8 Å². The fourth-order valence-electron chi connectivity index (χ4n) is 4.22. The van der Waals surface area contributed by atoms with E-state index >= 15 is 0 Å². The van der Waals surface area contributed by atoms with Crippen LogP contribution >= 0.6 is 0 Å². The van der Waals surface area contributed by atoms with Gasteiger partial charge in [0.15, 0.2) is 5.65 Å². The number of aryl methyl sites for hydroxylation is 4. The van der Waals surface area contributed by atoms with Crippen LogP contribution in [0.3, 0.4) is 0 Å². The number of carbonyl (C=O) groups excluding carboxylic acids is 2. The molecule has 158 valence electrons. The van der Waals surface area contributed by atoms with E-state index in [0.29, 0.717) is 28.1 Å². The summed E-state index contributed by atoms with van der Waals surface area (Å²) in [6.07, 6.45) is 5.96. The lowest BCUT2D eigenvalue weighted by molar-refractivity contribution is 0.0843. The molecule has 1 aliphatic rings. The van der Waals surface area contributed by atoms with Crippen molar-refractivity contribution in [2.45, 2.75) is 46.1 Å². The van der Waals surface area contributed by atoms with Gasteiger partial charge in [0.1, 0.15) is 22.7 Å². The van der Waals surface area contributed by atoms with Crippen LogP contribution in [0.15, 0.2) is 30.5 Å². The third-order valence-corrected chi connectivity index (χ3v) is 5.65. The Morgan fingerprint density at radius 2 is 1.84 bits per heavy atom. The minimum Gasteiger partial charge on any atom is -0.313 e. The summed E-state index contributed by atoms with van der Waals surface area (Å²) in [6, 6.07) is 7.20. The fraction of sp³-hybridized carbons (Fsp3) is 0.318. The molecule has 0 bridgehead atoms. The van der Waals surface area contributed by atoms with Crippen LogP contribution in [-0.4, -0.2) is 35.7 Å². The highest BCUT2D eigenvalue weighted by Gasteiger charge is 2.22. The molecule has 5 rings (SSSR count). The highest BCUT2D eigenvalue weighted by molar-refractivity contribution is 6.05. The molecule has 0 saturated carbocycles. The topological polar surface area (TPSA) is 106 Å². The van der Waals surface area contributed by atoms with Crippen LogP contribution in [0.5, 0.6) is 0 Å². The van der Waals surface area contributed by atoms with E-state index < -0.39 is 11.8 Å². The lowest BCUT2D eigenvalue weighted by atomic mass is 10.2. The van der Waals surface area contributed by atoms with Gasteiger partial charge < -0.3 is 4.57 Å². The molecule has 0 aromatic carbocycles. The molecule has 31 heavy (non-hydrogen) atoms. The summed E-state index contributed by atoms with van der Waals surface area (Å²) in [5.41, 5.74) is 9.11. The summed E-state index contributed by atoms with van der Waals surface area (Å²) in [7, 11) is 0. The van der Waals surface area contributed by atoms with Gasteiger partial charge in [-0.2, -0.15) is 0 Å². The van der Waals surface area contributed by atoms with Crippen molar-refractivity contribution in [2.24, 2.45) is 0 Å². The first-order valence-electron chi connectivity index (χ1n) is 10.4. The first-order chi connectivity index (χ1) is 15.0. The Hall–Kier alpha value is -3.75. The first kappa shape index (κ1) is 19.2. The van der Waals surface area contributed by atoms with E-state index in [1.165, 1.54) is 6.42 Å². The fourth-order valence-corrected chi connectivity index (χ4v) is 4.22. The van der Waals surface area contributed by atoms with E-state index in [4.69, 9.17) is 4.98 Å². The molecule has 1 aliphatic heterocycles. The predicted molar refractivity (Wildman–Crippen MR) is 115 cm³/mol. The van der Waals surface area contributed by atoms with Crippen molar-refractivity contribution >= 4 is 28.6 Å². The third kappa shape index (κ3) is 3.31. The van der Waals surface area contributed by atoms with Gasteiger partial charge in [0.25, 0.3) is 11.8 Å². The Bertz CT molecular complexity index is 1330. The van der Waals surface area contributed by atoms with Gasteiger partial charge >= 0.3 is 0 Å². The van der Waals surface area contributed by atoms with Crippen LogP contribution < -0.4 is 10.9 Å². The molecule has 0 saturated heterocycles. The average molecular weight is 417 g/mol. The average Bonchev–Trinajstić information content (AvgIpc) is 3.17. The Morgan fingerprint density at radius 3 is 2.71 bits per heavy atom. The molecule has 0 unspecified atom stereocenters. The van der Waals surface area contributed by atoms with Crippen LogP contribution in [0.4, 0.5) is 0 Å². The zero-order chi connectivity index (χ0) is 21.5. The minimum atomic E-state index is -0.438. The van der Waals surface area contributed by atoms with E-state index in [2.05, 4.69) is 25.4 Å². The normalized spacial score (nSPS) is 13.7. The van der Waals surface area contributed by atoms with Crippen molar-refractivity contribution in [2.75, 3.05) is 0 Å².